The highest BCUT2D eigenvalue weighted by molar-refractivity contribution is 5.83. The van der Waals surface area contributed by atoms with Gasteiger partial charge < -0.3 is 25.8 Å². The smallest absolute Gasteiger partial charge is 0.247 e. The SMILES string of the molecule is Nc1nc(NN=Cc2ccncc2)nc2c1ncn2[C@@H]1O[C@H](CO)C(O)C1O. The molecule has 0 aliphatic carbocycles. The van der Waals surface area contributed by atoms with E-state index < -0.39 is 31.1 Å². The molecule has 0 spiro atoms. The van der Waals surface area contributed by atoms with E-state index in [4.69, 9.17) is 10.5 Å². The summed E-state index contributed by atoms with van der Waals surface area (Å²) in [6.07, 6.45) is 1.80. The van der Waals surface area contributed by atoms with Gasteiger partial charge in [0.25, 0.3) is 0 Å². The van der Waals surface area contributed by atoms with Crippen molar-refractivity contribution in [2.75, 3.05) is 17.8 Å². The fourth-order valence-electron chi connectivity index (χ4n) is 2.90. The van der Waals surface area contributed by atoms with Gasteiger partial charge in [-0.1, -0.05) is 0 Å². The second kappa shape index (κ2) is 7.44. The van der Waals surface area contributed by atoms with Crippen LogP contribution in [0.5, 0.6) is 0 Å². The lowest BCUT2D eigenvalue weighted by Gasteiger charge is -2.16. The van der Waals surface area contributed by atoms with Crippen LogP contribution in [0.15, 0.2) is 36.0 Å². The van der Waals surface area contributed by atoms with Gasteiger partial charge in [-0.25, -0.2) is 10.4 Å². The van der Waals surface area contributed by atoms with Crippen molar-refractivity contribution in [3.63, 3.8) is 0 Å². The van der Waals surface area contributed by atoms with Gasteiger partial charge in [0, 0.05) is 12.4 Å². The molecule has 3 aromatic heterocycles. The number of hydrogen-bond acceptors (Lipinski definition) is 11. The summed E-state index contributed by atoms with van der Waals surface area (Å²) < 4.78 is 6.95. The first-order chi connectivity index (χ1) is 13.6. The number of nitrogens with zero attached hydrogens (tertiary/aromatic N) is 6. The molecule has 146 valence electrons. The molecular weight excluding hydrogens is 368 g/mol. The average molecular weight is 386 g/mol. The molecule has 0 bridgehead atoms. The third-order valence-electron chi connectivity index (χ3n) is 4.32. The van der Waals surface area contributed by atoms with Gasteiger partial charge in [0.05, 0.1) is 19.1 Å². The van der Waals surface area contributed by atoms with Gasteiger partial charge in [0.1, 0.15) is 23.8 Å². The number of rotatable bonds is 5. The van der Waals surface area contributed by atoms with Gasteiger partial charge in [-0.3, -0.25) is 9.55 Å². The summed E-state index contributed by atoms with van der Waals surface area (Å²) in [5.74, 6) is 0.223. The standard InChI is InChI=1S/C16H18N8O4/c17-13-10-14(22-16(21-13)23-20-5-8-1-3-18-4-2-8)24(7-19-10)15-12(27)11(26)9(6-25)28-15/h1-5,7,9,11-12,15,25-27H,6H2,(H3,17,21,22,23)/t9-,11?,12?,15-/m1/s1. The number of aliphatic hydroxyl groups is 3. The van der Waals surface area contributed by atoms with E-state index >= 15 is 0 Å². The second-order valence-corrected chi connectivity index (χ2v) is 6.14. The van der Waals surface area contributed by atoms with Crippen LogP contribution in [0, 0.1) is 0 Å². The van der Waals surface area contributed by atoms with Crippen molar-refractivity contribution in [3.8, 4) is 0 Å². The monoisotopic (exact) mass is 386 g/mol. The number of hydrazone groups is 1. The van der Waals surface area contributed by atoms with Crippen LogP contribution in [0.1, 0.15) is 11.8 Å². The van der Waals surface area contributed by atoms with Crippen LogP contribution in [-0.2, 0) is 4.74 Å². The number of aromatic nitrogens is 5. The second-order valence-electron chi connectivity index (χ2n) is 6.14. The molecule has 0 aromatic carbocycles. The molecule has 0 saturated carbocycles. The van der Waals surface area contributed by atoms with Gasteiger partial charge in [0.2, 0.25) is 5.95 Å². The molecule has 12 heteroatoms. The molecule has 3 aromatic rings. The lowest BCUT2D eigenvalue weighted by Crippen LogP contribution is -2.33. The van der Waals surface area contributed by atoms with E-state index in [0.29, 0.717) is 5.52 Å². The van der Waals surface area contributed by atoms with E-state index in [1.54, 1.807) is 30.7 Å². The zero-order valence-electron chi connectivity index (χ0n) is 14.5. The summed E-state index contributed by atoms with van der Waals surface area (Å²) >= 11 is 0. The minimum atomic E-state index is -1.27. The van der Waals surface area contributed by atoms with Gasteiger partial charge in [-0.2, -0.15) is 15.1 Å². The summed E-state index contributed by atoms with van der Waals surface area (Å²) in [6.45, 7) is -0.436. The molecule has 6 N–H and O–H groups in total. The lowest BCUT2D eigenvalue weighted by molar-refractivity contribution is -0.0511. The molecule has 4 atom stereocenters. The van der Waals surface area contributed by atoms with Gasteiger partial charge in [0.15, 0.2) is 17.7 Å². The fourth-order valence-corrected chi connectivity index (χ4v) is 2.90. The van der Waals surface area contributed by atoms with Gasteiger partial charge in [-0.15, -0.1) is 0 Å². The van der Waals surface area contributed by atoms with Crippen LogP contribution in [0.4, 0.5) is 11.8 Å². The maximum absolute atomic E-state index is 10.2. The molecule has 12 nitrogen and oxygen atoms in total. The van der Waals surface area contributed by atoms with Crippen molar-refractivity contribution in [1.29, 1.82) is 0 Å². The predicted octanol–water partition coefficient (Wildman–Crippen LogP) is -1.14. The number of fused-ring (bicyclic) bond motifs is 1. The van der Waals surface area contributed by atoms with E-state index in [1.165, 1.54) is 10.9 Å². The van der Waals surface area contributed by atoms with Crippen LogP contribution in [0.3, 0.4) is 0 Å². The van der Waals surface area contributed by atoms with E-state index in [-0.39, 0.29) is 17.4 Å². The molecule has 0 amide bonds. The highest BCUT2D eigenvalue weighted by atomic mass is 16.6. The first-order valence-corrected chi connectivity index (χ1v) is 8.40. The number of ether oxygens (including phenoxy) is 1. The Morgan fingerprint density at radius 2 is 2.04 bits per heavy atom. The maximum atomic E-state index is 10.2. The highest BCUT2D eigenvalue weighted by Gasteiger charge is 2.44. The van der Waals surface area contributed by atoms with Crippen molar-refractivity contribution >= 4 is 29.1 Å². The van der Waals surface area contributed by atoms with E-state index in [0.717, 1.165) is 5.56 Å². The topological polar surface area (TPSA) is 177 Å². The Balaban J connectivity index is 1.63. The van der Waals surface area contributed by atoms with Crippen LogP contribution in [0.2, 0.25) is 0 Å². The summed E-state index contributed by atoms with van der Waals surface area (Å²) in [6, 6.07) is 3.56. The van der Waals surface area contributed by atoms with Gasteiger partial charge in [-0.05, 0) is 17.7 Å². The fraction of sp³-hybridized carbons (Fsp3) is 0.312. The average Bonchev–Trinajstić information content (AvgIpc) is 3.24. The van der Waals surface area contributed by atoms with Crippen molar-refractivity contribution < 1.29 is 20.1 Å². The van der Waals surface area contributed by atoms with Crippen LogP contribution in [-0.4, -0.2) is 71.0 Å². The number of hydrogen-bond donors (Lipinski definition) is 5. The molecule has 4 heterocycles. The molecular formula is C16H18N8O4. The van der Waals surface area contributed by atoms with Crippen LogP contribution < -0.4 is 11.2 Å². The Morgan fingerprint density at radius 1 is 1.25 bits per heavy atom. The minimum Gasteiger partial charge on any atom is -0.394 e. The first-order valence-electron chi connectivity index (χ1n) is 8.40. The van der Waals surface area contributed by atoms with Crippen LogP contribution in [0.25, 0.3) is 11.2 Å². The zero-order valence-corrected chi connectivity index (χ0v) is 14.5. The summed E-state index contributed by atoms with van der Waals surface area (Å²) in [5, 5.41) is 33.5. The number of nitrogens with two attached hydrogens (primary N) is 1. The normalized spacial score (nSPS) is 25.0. The Hall–Kier alpha value is -3.19. The van der Waals surface area contributed by atoms with Crippen molar-refractivity contribution in [3.05, 3.63) is 36.4 Å². The Morgan fingerprint density at radius 3 is 2.75 bits per heavy atom. The Kier molecular flexibility index (Phi) is 4.83. The molecule has 2 unspecified atom stereocenters. The Bertz CT molecular complexity index is 995. The van der Waals surface area contributed by atoms with Crippen LogP contribution >= 0.6 is 0 Å². The number of aliphatic hydroxyl groups excluding tert-OH is 3. The molecule has 0 radical (unpaired) electrons. The largest absolute Gasteiger partial charge is 0.394 e. The number of pyridine rings is 1. The number of nitrogen functional groups attached to an aromatic ring is 1. The summed E-state index contributed by atoms with van der Waals surface area (Å²) in [4.78, 5) is 16.5. The molecule has 1 aliphatic rings. The molecule has 4 rings (SSSR count). The predicted molar refractivity (Wildman–Crippen MR) is 98.2 cm³/mol. The van der Waals surface area contributed by atoms with Crippen molar-refractivity contribution in [2.24, 2.45) is 5.10 Å². The number of nitrogens with one attached hydrogen (secondary N) is 1. The zero-order chi connectivity index (χ0) is 19.7. The quantitative estimate of drug-likeness (QED) is 0.266. The minimum absolute atomic E-state index is 0.108. The Labute approximate surface area is 158 Å². The third kappa shape index (κ3) is 3.25. The lowest BCUT2D eigenvalue weighted by atomic mass is 10.1. The molecule has 28 heavy (non-hydrogen) atoms. The maximum Gasteiger partial charge on any atom is 0.247 e. The van der Waals surface area contributed by atoms with E-state index in [1.807, 2.05) is 0 Å². The number of anilines is 2. The van der Waals surface area contributed by atoms with Crippen molar-refractivity contribution in [1.82, 2.24) is 24.5 Å². The highest BCUT2D eigenvalue weighted by Crippen LogP contribution is 2.32. The third-order valence-corrected chi connectivity index (χ3v) is 4.32. The molecule has 1 fully saturated rings. The molecule has 1 saturated heterocycles. The summed E-state index contributed by atoms with van der Waals surface area (Å²) in [5.41, 5.74) is 10.0. The summed E-state index contributed by atoms with van der Waals surface area (Å²) in [7, 11) is 0. The first kappa shape index (κ1) is 18.2. The van der Waals surface area contributed by atoms with E-state index in [2.05, 4.69) is 30.5 Å². The molecule has 1 aliphatic heterocycles. The van der Waals surface area contributed by atoms with Crippen molar-refractivity contribution in [2.45, 2.75) is 24.5 Å². The van der Waals surface area contributed by atoms with Gasteiger partial charge >= 0.3 is 0 Å². The van der Waals surface area contributed by atoms with E-state index in [9.17, 15) is 15.3 Å². The number of imidazole rings is 1.